The predicted molar refractivity (Wildman–Crippen MR) is 140 cm³/mol. The fourth-order valence-corrected chi connectivity index (χ4v) is 4.70. The molecule has 0 saturated carbocycles. The van der Waals surface area contributed by atoms with Crippen molar-refractivity contribution in [2.45, 2.75) is 38.8 Å². The highest BCUT2D eigenvalue weighted by atomic mass is 16.5. The van der Waals surface area contributed by atoms with Crippen LogP contribution in [0.5, 0.6) is 0 Å². The van der Waals surface area contributed by atoms with E-state index in [-0.39, 0.29) is 24.0 Å². The van der Waals surface area contributed by atoms with Gasteiger partial charge in [0.2, 0.25) is 5.91 Å². The van der Waals surface area contributed by atoms with Crippen LogP contribution in [-0.4, -0.2) is 34.3 Å². The first-order valence-electron chi connectivity index (χ1n) is 12.3. The zero-order valence-corrected chi connectivity index (χ0v) is 20.3. The molecule has 1 aliphatic heterocycles. The average Bonchev–Trinajstić information content (AvgIpc) is 3.41. The Kier molecular flexibility index (Phi) is 6.82. The van der Waals surface area contributed by atoms with Crippen molar-refractivity contribution in [3.63, 3.8) is 0 Å². The van der Waals surface area contributed by atoms with E-state index in [4.69, 9.17) is 4.74 Å². The van der Waals surface area contributed by atoms with E-state index < -0.39 is 5.69 Å². The smallest absolute Gasteiger partial charge is 0.336 e. The molecule has 7 nitrogen and oxygen atoms in total. The lowest BCUT2D eigenvalue weighted by molar-refractivity contribution is -0.120. The molecule has 1 fully saturated rings. The molecule has 1 N–H and O–H groups in total. The number of nitrogens with zero attached hydrogens (tertiary/aromatic N) is 2. The molecule has 1 amide bonds. The number of nitrogens with one attached hydrogen (secondary N) is 1. The second-order valence-electron chi connectivity index (χ2n) is 9.24. The summed E-state index contributed by atoms with van der Waals surface area (Å²) < 4.78 is 8.40. The maximum absolute atomic E-state index is 13.6. The molecule has 1 aliphatic rings. The van der Waals surface area contributed by atoms with Crippen LogP contribution in [0, 0.1) is 6.92 Å². The van der Waals surface area contributed by atoms with E-state index in [1.54, 1.807) is 47.0 Å². The molecule has 3 aromatic carbocycles. The summed E-state index contributed by atoms with van der Waals surface area (Å²) in [5, 5.41) is 3.40. The Morgan fingerprint density at radius 3 is 2.50 bits per heavy atom. The lowest BCUT2D eigenvalue weighted by Gasteiger charge is -2.15. The lowest BCUT2D eigenvalue weighted by atomic mass is 10.1. The molecule has 0 aliphatic carbocycles. The maximum Gasteiger partial charge on any atom is 0.336 e. The molecule has 0 bridgehead atoms. The number of fused-ring (bicyclic) bond motifs is 1. The fourth-order valence-electron chi connectivity index (χ4n) is 4.70. The quantitative estimate of drug-likeness (QED) is 0.437. The van der Waals surface area contributed by atoms with Crippen molar-refractivity contribution in [3.8, 4) is 5.69 Å². The first-order chi connectivity index (χ1) is 17.5. The van der Waals surface area contributed by atoms with Gasteiger partial charge in [0.15, 0.2) is 0 Å². The van der Waals surface area contributed by atoms with Crippen molar-refractivity contribution >= 4 is 16.8 Å². The van der Waals surface area contributed by atoms with Gasteiger partial charge in [-0.2, -0.15) is 0 Å². The van der Waals surface area contributed by atoms with Crippen LogP contribution in [0.15, 0.2) is 82.4 Å². The molecule has 0 radical (unpaired) electrons. The summed E-state index contributed by atoms with van der Waals surface area (Å²) in [7, 11) is 0. The Bertz CT molecular complexity index is 1510. The van der Waals surface area contributed by atoms with E-state index in [2.05, 4.69) is 5.32 Å². The molecule has 7 heteroatoms. The molecule has 0 spiro atoms. The lowest BCUT2D eigenvalue weighted by Crippen LogP contribution is -2.39. The number of amides is 1. The summed E-state index contributed by atoms with van der Waals surface area (Å²) in [5.74, 6) is -0.0818. The highest BCUT2D eigenvalue weighted by molar-refractivity contribution is 5.79. The highest BCUT2D eigenvalue weighted by Gasteiger charge is 2.17. The third-order valence-electron chi connectivity index (χ3n) is 6.75. The van der Waals surface area contributed by atoms with Crippen molar-refractivity contribution in [3.05, 3.63) is 110 Å². The average molecular weight is 484 g/mol. The molecule has 1 saturated heterocycles. The summed E-state index contributed by atoms with van der Waals surface area (Å²) >= 11 is 0. The first-order valence-corrected chi connectivity index (χ1v) is 12.3. The molecular formula is C29H29N3O4. The maximum atomic E-state index is 13.6. The topological polar surface area (TPSA) is 82.3 Å². The SMILES string of the molecule is Cc1ccccc1Cn1c(=O)n(-c2ccc(CC(=O)NCC3CCCO3)cc2)c(=O)c2ccccc21. The van der Waals surface area contributed by atoms with Crippen molar-refractivity contribution in [1.29, 1.82) is 0 Å². The second kappa shape index (κ2) is 10.3. The van der Waals surface area contributed by atoms with E-state index in [1.165, 1.54) is 4.57 Å². The summed E-state index contributed by atoms with van der Waals surface area (Å²) in [5.41, 5.74) is 3.21. The van der Waals surface area contributed by atoms with Gasteiger partial charge in [-0.3, -0.25) is 14.2 Å². The van der Waals surface area contributed by atoms with E-state index in [1.807, 2.05) is 37.3 Å². The van der Waals surface area contributed by atoms with E-state index in [9.17, 15) is 14.4 Å². The molecule has 184 valence electrons. The van der Waals surface area contributed by atoms with Crippen LogP contribution in [0.3, 0.4) is 0 Å². The van der Waals surface area contributed by atoms with Crippen molar-refractivity contribution in [2.75, 3.05) is 13.2 Å². The Balaban J connectivity index is 1.45. The number of aromatic nitrogens is 2. The van der Waals surface area contributed by atoms with Crippen molar-refractivity contribution in [1.82, 2.24) is 14.5 Å². The molecule has 4 aromatic rings. The van der Waals surface area contributed by atoms with Crippen LogP contribution < -0.4 is 16.6 Å². The number of benzene rings is 3. The van der Waals surface area contributed by atoms with Crippen molar-refractivity contribution in [2.24, 2.45) is 0 Å². The van der Waals surface area contributed by atoms with Gasteiger partial charge in [0.1, 0.15) is 0 Å². The summed E-state index contributed by atoms with van der Waals surface area (Å²) in [6, 6.07) is 22.1. The number of para-hydroxylation sites is 1. The zero-order valence-electron chi connectivity index (χ0n) is 20.3. The van der Waals surface area contributed by atoms with E-state index in [0.717, 1.165) is 36.1 Å². The number of carbonyl (C=O) groups excluding carboxylic acids is 1. The fraction of sp³-hybridized carbons (Fsp3) is 0.276. The van der Waals surface area contributed by atoms with Crippen LogP contribution >= 0.6 is 0 Å². The Labute approximate surface area is 209 Å². The van der Waals surface area contributed by atoms with Crippen LogP contribution in [0.2, 0.25) is 0 Å². The summed E-state index contributed by atoms with van der Waals surface area (Å²) in [6.07, 6.45) is 2.31. The number of carbonyl (C=O) groups is 1. The number of ether oxygens (including phenoxy) is 1. The third kappa shape index (κ3) is 4.88. The Morgan fingerprint density at radius 1 is 1.00 bits per heavy atom. The van der Waals surface area contributed by atoms with Gasteiger partial charge in [-0.25, -0.2) is 9.36 Å². The van der Waals surface area contributed by atoms with Gasteiger partial charge in [-0.1, -0.05) is 48.5 Å². The summed E-state index contributed by atoms with van der Waals surface area (Å²) in [4.78, 5) is 39.4. The van der Waals surface area contributed by atoms with Gasteiger partial charge in [0, 0.05) is 13.2 Å². The van der Waals surface area contributed by atoms with E-state index >= 15 is 0 Å². The monoisotopic (exact) mass is 483 g/mol. The largest absolute Gasteiger partial charge is 0.376 e. The van der Waals surface area contributed by atoms with Gasteiger partial charge in [0.05, 0.1) is 35.7 Å². The van der Waals surface area contributed by atoms with Crippen LogP contribution in [0.4, 0.5) is 0 Å². The van der Waals surface area contributed by atoms with Crippen LogP contribution in [0.1, 0.15) is 29.5 Å². The number of aryl methyl sites for hydroxylation is 1. The molecule has 1 atom stereocenters. The minimum Gasteiger partial charge on any atom is -0.376 e. The highest BCUT2D eigenvalue weighted by Crippen LogP contribution is 2.15. The first kappa shape index (κ1) is 23.8. The predicted octanol–water partition coefficient (Wildman–Crippen LogP) is 3.35. The molecule has 1 aromatic heterocycles. The van der Waals surface area contributed by atoms with Gasteiger partial charge in [0.25, 0.3) is 5.56 Å². The molecule has 5 rings (SSSR count). The van der Waals surface area contributed by atoms with Crippen LogP contribution in [0.25, 0.3) is 16.6 Å². The minimum atomic E-state index is -0.399. The third-order valence-corrected chi connectivity index (χ3v) is 6.75. The van der Waals surface area contributed by atoms with Crippen LogP contribution in [-0.2, 0) is 22.5 Å². The van der Waals surface area contributed by atoms with Crippen molar-refractivity contribution < 1.29 is 9.53 Å². The van der Waals surface area contributed by atoms with Gasteiger partial charge < -0.3 is 10.1 Å². The molecule has 1 unspecified atom stereocenters. The second-order valence-corrected chi connectivity index (χ2v) is 9.24. The zero-order chi connectivity index (χ0) is 25.1. The standard InChI is InChI=1S/C29H29N3O4/c1-20-7-2-3-8-22(20)19-31-26-11-5-4-10-25(26)28(34)32(29(31)35)23-14-12-21(13-15-23)17-27(33)30-18-24-9-6-16-36-24/h2-5,7-8,10-15,24H,6,9,16-19H2,1H3,(H,30,33). The number of hydrogen-bond acceptors (Lipinski definition) is 4. The molecule has 2 heterocycles. The Hall–Kier alpha value is -3.97. The van der Waals surface area contributed by atoms with E-state index in [0.29, 0.717) is 29.7 Å². The summed E-state index contributed by atoms with van der Waals surface area (Å²) in [6.45, 7) is 3.64. The minimum absolute atomic E-state index is 0.0818. The normalized spacial score (nSPS) is 15.3. The number of hydrogen-bond donors (Lipinski definition) is 1. The molecular weight excluding hydrogens is 454 g/mol. The molecule has 36 heavy (non-hydrogen) atoms. The van der Waals surface area contributed by atoms with Gasteiger partial charge in [-0.15, -0.1) is 0 Å². The Morgan fingerprint density at radius 2 is 1.75 bits per heavy atom. The van der Waals surface area contributed by atoms with Gasteiger partial charge >= 0.3 is 5.69 Å². The number of rotatable bonds is 7. The van der Waals surface area contributed by atoms with Gasteiger partial charge in [-0.05, 0) is 60.7 Å².